The molecule has 0 unspecified atom stereocenters. The SMILES string of the molecule is CCNCC1CCN(C(=O)c2cnc(-c3ccc(OC)cc3)s2)CC1.Cl. The van der Waals surface area contributed by atoms with Gasteiger partial charge in [0.15, 0.2) is 0 Å². The lowest BCUT2D eigenvalue weighted by atomic mass is 9.96. The molecule has 2 heterocycles. The number of nitrogens with zero attached hydrogens (tertiary/aromatic N) is 2. The topological polar surface area (TPSA) is 54.5 Å². The van der Waals surface area contributed by atoms with Gasteiger partial charge >= 0.3 is 0 Å². The molecule has 0 radical (unpaired) electrons. The van der Waals surface area contributed by atoms with E-state index in [1.807, 2.05) is 29.2 Å². The maximum absolute atomic E-state index is 12.7. The van der Waals surface area contributed by atoms with Crippen LogP contribution in [0.1, 0.15) is 29.4 Å². The first-order valence-electron chi connectivity index (χ1n) is 8.81. The molecule has 0 spiro atoms. The number of hydrogen-bond donors (Lipinski definition) is 1. The van der Waals surface area contributed by atoms with E-state index in [2.05, 4.69) is 17.2 Å². The number of thiazole rings is 1. The molecule has 1 saturated heterocycles. The summed E-state index contributed by atoms with van der Waals surface area (Å²) in [6, 6.07) is 7.76. The van der Waals surface area contributed by atoms with Crippen molar-refractivity contribution in [1.29, 1.82) is 0 Å². The lowest BCUT2D eigenvalue weighted by Gasteiger charge is -2.31. The largest absolute Gasteiger partial charge is 0.497 e. The van der Waals surface area contributed by atoms with E-state index in [1.165, 1.54) is 11.3 Å². The lowest BCUT2D eigenvalue weighted by molar-refractivity contribution is 0.0695. The first kappa shape index (κ1) is 20.7. The maximum atomic E-state index is 12.7. The van der Waals surface area contributed by atoms with E-state index in [4.69, 9.17) is 4.74 Å². The van der Waals surface area contributed by atoms with Crippen LogP contribution < -0.4 is 10.1 Å². The summed E-state index contributed by atoms with van der Waals surface area (Å²) < 4.78 is 5.18. The number of rotatable bonds is 6. The van der Waals surface area contributed by atoms with Crippen LogP contribution in [0, 0.1) is 5.92 Å². The summed E-state index contributed by atoms with van der Waals surface area (Å²) in [7, 11) is 1.65. The number of benzene rings is 1. The second kappa shape index (κ2) is 9.90. The van der Waals surface area contributed by atoms with Crippen LogP contribution in [0.2, 0.25) is 0 Å². The summed E-state index contributed by atoms with van der Waals surface area (Å²) >= 11 is 1.46. The van der Waals surface area contributed by atoms with Crippen molar-refractivity contribution >= 4 is 29.7 Å². The fraction of sp³-hybridized carbons (Fsp3) is 0.474. The third-order valence-corrected chi connectivity index (χ3v) is 5.67. The summed E-state index contributed by atoms with van der Waals surface area (Å²) in [5.74, 6) is 1.61. The molecule has 26 heavy (non-hydrogen) atoms. The van der Waals surface area contributed by atoms with Crippen LogP contribution in [0.25, 0.3) is 10.6 Å². The molecule has 1 aliphatic rings. The molecule has 0 aliphatic carbocycles. The van der Waals surface area contributed by atoms with E-state index in [9.17, 15) is 4.79 Å². The lowest BCUT2D eigenvalue weighted by Crippen LogP contribution is -2.40. The molecule has 2 aromatic rings. The van der Waals surface area contributed by atoms with Crippen molar-refractivity contribution in [2.45, 2.75) is 19.8 Å². The van der Waals surface area contributed by atoms with Crippen molar-refractivity contribution in [2.75, 3.05) is 33.3 Å². The number of likely N-dealkylation sites (tertiary alicyclic amines) is 1. The number of nitrogens with one attached hydrogen (secondary N) is 1. The number of ether oxygens (including phenoxy) is 1. The zero-order chi connectivity index (χ0) is 17.6. The van der Waals surface area contributed by atoms with Crippen molar-refractivity contribution < 1.29 is 9.53 Å². The van der Waals surface area contributed by atoms with Gasteiger partial charge in [0.2, 0.25) is 0 Å². The molecule has 3 rings (SSSR count). The third kappa shape index (κ3) is 4.96. The van der Waals surface area contributed by atoms with Gasteiger partial charge in [-0.2, -0.15) is 0 Å². The van der Waals surface area contributed by atoms with E-state index in [1.54, 1.807) is 13.3 Å². The molecule has 1 aromatic heterocycles. The van der Waals surface area contributed by atoms with Crippen LogP contribution in [0.5, 0.6) is 5.75 Å². The van der Waals surface area contributed by atoms with Crippen molar-refractivity contribution in [3.63, 3.8) is 0 Å². The molecule has 0 saturated carbocycles. The molecule has 1 aliphatic heterocycles. The summed E-state index contributed by atoms with van der Waals surface area (Å²) in [4.78, 5) is 19.8. The Morgan fingerprint density at radius 3 is 2.62 bits per heavy atom. The van der Waals surface area contributed by atoms with E-state index < -0.39 is 0 Å². The second-order valence-corrected chi connectivity index (χ2v) is 7.33. The van der Waals surface area contributed by atoms with Crippen molar-refractivity contribution in [1.82, 2.24) is 15.2 Å². The molecule has 1 N–H and O–H groups in total. The van der Waals surface area contributed by atoms with Crippen LogP contribution >= 0.6 is 23.7 Å². The van der Waals surface area contributed by atoms with Gasteiger partial charge in [-0.05, 0) is 56.1 Å². The first-order valence-corrected chi connectivity index (χ1v) is 9.63. The van der Waals surface area contributed by atoms with E-state index in [0.29, 0.717) is 5.92 Å². The smallest absolute Gasteiger partial charge is 0.265 e. The van der Waals surface area contributed by atoms with Gasteiger partial charge in [-0.15, -0.1) is 23.7 Å². The number of carbonyl (C=O) groups excluding carboxylic acids is 1. The molecular weight excluding hydrogens is 370 g/mol. The molecule has 1 amide bonds. The zero-order valence-corrected chi connectivity index (χ0v) is 16.9. The maximum Gasteiger partial charge on any atom is 0.265 e. The number of aromatic nitrogens is 1. The highest BCUT2D eigenvalue weighted by molar-refractivity contribution is 7.16. The Bertz CT molecular complexity index is 697. The van der Waals surface area contributed by atoms with Gasteiger partial charge < -0.3 is 15.0 Å². The highest BCUT2D eigenvalue weighted by Crippen LogP contribution is 2.28. The molecular formula is C19H26ClN3O2S. The predicted molar refractivity (Wildman–Crippen MR) is 109 cm³/mol. The average molecular weight is 396 g/mol. The number of amides is 1. The predicted octanol–water partition coefficient (Wildman–Crippen LogP) is 3.70. The molecule has 0 atom stereocenters. The Morgan fingerprint density at radius 2 is 2.00 bits per heavy atom. The van der Waals surface area contributed by atoms with Gasteiger partial charge in [0.1, 0.15) is 15.6 Å². The number of halogens is 1. The van der Waals surface area contributed by atoms with Crippen LogP contribution in [0.3, 0.4) is 0 Å². The first-order chi connectivity index (χ1) is 12.2. The van der Waals surface area contributed by atoms with Crippen LogP contribution in [-0.4, -0.2) is 49.1 Å². The molecule has 1 aromatic carbocycles. The summed E-state index contributed by atoms with van der Waals surface area (Å²) in [5, 5.41) is 4.27. The molecule has 7 heteroatoms. The normalized spacial score (nSPS) is 14.8. The van der Waals surface area contributed by atoms with Crippen LogP contribution in [-0.2, 0) is 0 Å². The Kier molecular flexibility index (Phi) is 7.87. The van der Waals surface area contributed by atoms with Gasteiger partial charge in [0, 0.05) is 18.7 Å². The van der Waals surface area contributed by atoms with Gasteiger partial charge in [-0.3, -0.25) is 4.79 Å². The second-order valence-electron chi connectivity index (χ2n) is 6.30. The van der Waals surface area contributed by atoms with Gasteiger partial charge in [-0.1, -0.05) is 6.92 Å². The highest BCUT2D eigenvalue weighted by atomic mass is 35.5. The number of hydrogen-bond acceptors (Lipinski definition) is 5. The Hall–Kier alpha value is -1.63. The van der Waals surface area contributed by atoms with Crippen molar-refractivity contribution in [3.05, 3.63) is 35.3 Å². The minimum absolute atomic E-state index is 0. The summed E-state index contributed by atoms with van der Waals surface area (Å²) in [5.41, 5.74) is 1.01. The van der Waals surface area contributed by atoms with E-state index in [-0.39, 0.29) is 18.3 Å². The quantitative estimate of drug-likeness (QED) is 0.810. The molecule has 1 fully saturated rings. The zero-order valence-electron chi connectivity index (χ0n) is 15.2. The number of carbonyl (C=O) groups is 1. The average Bonchev–Trinajstić information content (AvgIpc) is 3.16. The van der Waals surface area contributed by atoms with Gasteiger partial charge in [0.25, 0.3) is 5.91 Å². The highest BCUT2D eigenvalue weighted by Gasteiger charge is 2.24. The molecule has 0 bridgehead atoms. The summed E-state index contributed by atoms with van der Waals surface area (Å²) in [6.45, 7) is 5.87. The molecule has 142 valence electrons. The van der Waals surface area contributed by atoms with Gasteiger partial charge in [-0.25, -0.2) is 4.98 Å². The Labute approximate surface area is 165 Å². The summed E-state index contributed by atoms with van der Waals surface area (Å²) in [6.07, 6.45) is 3.85. The van der Waals surface area contributed by atoms with E-state index in [0.717, 1.165) is 60.2 Å². The van der Waals surface area contributed by atoms with Crippen LogP contribution in [0.15, 0.2) is 30.5 Å². The number of methoxy groups -OCH3 is 1. The van der Waals surface area contributed by atoms with Gasteiger partial charge in [0.05, 0.1) is 13.3 Å². The Morgan fingerprint density at radius 1 is 1.31 bits per heavy atom. The third-order valence-electron chi connectivity index (χ3n) is 4.64. The van der Waals surface area contributed by atoms with Crippen LogP contribution in [0.4, 0.5) is 0 Å². The van der Waals surface area contributed by atoms with Crippen molar-refractivity contribution in [3.8, 4) is 16.3 Å². The molecule has 5 nitrogen and oxygen atoms in total. The van der Waals surface area contributed by atoms with E-state index >= 15 is 0 Å². The minimum atomic E-state index is 0. The Balaban J connectivity index is 0.00000243. The fourth-order valence-electron chi connectivity index (χ4n) is 3.08. The monoisotopic (exact) mass is 395 g/mol. The number of piperidine rings is 1. The fourth-order valence-corrected chi connectivity index (χ4v) is 3.97. The standard InChI is InChI=1S/C19H25N3O2S.ClH/c1-3-20-12-14-8-10-22(11-9-14)19(23)17-13-21-18(25-17)15-4-6-16(24-2)7-5-15;/h4-7,13-14,20H,3,8-12H2,1-2H3;1H. The minimum Gasteiger partial charge on any atom is -0.497 e. The van der Waals surface area contributed by atoms with Crippen molar-refractivity contribution in [2.24, 2.45) is 5.92 Å².